The maximum absolute atomic E-state index is 11.8. The second-order valence-electron chi connectivity index (χ2n) is 7.62. The zero-order valence-electron chi connectivity index (χ0n) is 18.2. The van der Waals surface area contributed by atoms with Crippen LogP contribution in [0.5, 0.6) is 0 Å². The van der Waals surface area contributed by atoms with Crippen LogP contribution in [0.15, 0.2) is 60.7 Å². The number of carbonyl (C=O) groups is 2. The van der Waals surface area contributed by atoms with Crippen molar-refractivity contribution in [3.63, 3.8) is 0 Å². The van der Waals surface area contributed by atoms with E-state index in [1.165, 1.54) is 13.8 Å². The number of amides is 1. The molecule has 0 bridgehead atoms. The van der Waals surface area contributed by atoms with Crippen LogP contribution in [-0.2, 0) is 41.8 Å². The molecule has 0 aromatic heterocycles. The fraction of sp³-hybridized carbons (Fsp3) is 0.417. The molecule has 2 aromatic carbocycles. The van der Waals surface area contributed by atoms with Crippen LogP contribution in [0.2, 0.25) is 0 Å². The van der Waals surface area contributed by atoms with Gasteiger partial charge in [-0.25, -0.2) is 0 Å². The maximum atomic E-state index is 11.8. The Kier molecular flexibility index (Phi) is 8.75. The first-order valence-electron chi connectivity index (χ1n) is 10.5. The summed E-state index contributed by atoms with van der Waals surface area (Å²) in [5, 5.41) is 13.3. The Bertz CT molecular complexity index is 861. The summed E-state index contributed by atoms with van der Waals surface area (Å²) in [4.78, 5) is 23.2. The van der Waals surface area contributed by atoms with Crippen molar-refractivity contribution in [2.45, 2.75) is 57.7 Å². The fourth-order valence-corrected chi connectivity index (χ4v) is 3.58. The van der Waals surface area contributed by atoms with Gasteiger partial charge < -0.3 is 29.4 Å². The third kappa shape index (κ3) is 6.86. The van der Waals surface area contributed by atoms with Gasteiger partial charge in [0.25, 0.3) is 0 Å². The molecule has 0 aliphatic carbocycles. The largest absolute Gasteiger partial charge is 0.463 e. The normalized spacial score (nSPS) is 25.2. The van der Waals surface area contributed by atoms with E-state index >= 15 is 0 Å². The van der Waals surface area contributed by atoms with Gasteiger partial charge in [-0.3, -0.25) is 9.59 Å². The van der Waals surface area contributed by atoms with E-state index in [0.717, 1.165) is 11.1 Å². The Morgan fingerprint density at radius 1 is 0.906 bits per heavy atom. The van der Waals surface area contributed by atoms with Gasteiger partial charge in [-0.05, 0) is 11.1 Å². The number of carbonyl (C=O) groups excluding carboxylic acids is 2. The highest BCUT2D eigenvalue weighted by molar-refractivity contribution is 5.73. The fourth-order valence-electron chi connectivity index (χ4n) is 3.58. The minimum absolute atomic E-state index is 0.121. The summed E-state index contributed by atoms with van der Waals surface area (Å²) in [5.41, 5.74) is 1.86. The molecule has 1 amide bonds. The Balaban J connectivity index is 1.84. The lowest BCUT2D eigenvalue weighted by Crippen LogP contribution is -2.65. The number of esters is 1. The van der Waals surface area contributed by atoms with E-state index in [0.29, 0.717) is 0 Å². The first-order chi connectivity index (χ1) is 15.4. The lowest BCUT2D eigenvalue weighted by atomic mass is 9.96. The monoisotopic (exact) mass is 443 g/mol. The average Bonchev–Trinajstić information content (AvgIpc) is 2.78. The van der Waals surface area contributed by atoms with Crippen molar-refractivity contribution in [2.24, 2.45) is 0 Å². The van der Waals surface area contributed by atoms with Crippen LogP contribution in [0.4, 0.5) is 0 Å². The van der Waals surface area contributed by atoms with Crippen LogP contribution < -0.4 is 5.32 Å². The average molecular weight is 443 g/mol. The van der Waals surface area contributed by atoms with Crippen LogP contribution in [0, 0.1) is 0 Å². The molecule has 172 valence electrons. The Morgan fingerprint density at radius 3 is 1.94 bits per heavy atom. The van der Waals surface area contributed by atoms with E-state index in [2.05, 4.69) is 5.32 Å². The smallest absolute Gasteiger partial charge is 0.302 e. The van der Waals surface area contributed by atoms with Gasteiger partial charge in [0.05, 0.1) is 13.2 Å². The van der Waals surface area contributed by atoms with Gasteiger partial charge >= 0.3 is 5.97 Å². The molecule has 1 heterocycles. The van der Waals surface area contributed by atoms with Crippen molar-refractivity contribution in [3.05, 3.63) is 71.8 Å². The van der Waals surface area contributed by atoms with Crippen molar-refractivity contribution in [1.82, 2.24) is 5.32 Å². The highest BCUT2D eigenvalue weighted by Crippen LogP contribution is 2.27. The lowest BCUT2D eigenvalue weighted by molar-refractivity contribution is -0.276. The molecule has 1 saturated heterocycles. The molecular formula is C24H29NO7. The van der Waals surface area contributed by atoms with E-state index < -0.39 is 36.6 Å². The van der Waals surface area contributed by atoms with Gasteiger partial charge in [0.1, 0.15) is 31.0 Å². The summed E-state index contributed by atoms with van der Waals surface area (Å²) in [7, 11) is 0. The SMILES string of the molecule is CC(=O)NC1C(OCc2ccccc2)[C@@H](OCc2ccccc2)C(COC(C)=O)O[C@H]1O. The third-order valence-corrected chi connectivity index (χ3v) is 5.06. The molecule has 0 spiro atoms. The molecule has 3 unspecified atom stereocenters. The van der Waals surface area contributed by atoms with Gasteiger partial charge in [-0.1, -0.05) is 60.7 Å². The molecule has 1 fully saturated rings. The van der Waals surface area contributed by atoms with E-state index in [1.807, 2.05) is 60.7 Å². The Morgan fingerprint density at radius 2 is 1.44 bits per heavy atom. The number of benzene rings is 2. The molecule has 2 N–H and O–H groups in total. The summed E-state index contributed by atoms with van der Waals surface area (Å²) < 4.78 is 23.2. The second-order valence-corrected chi connectivity index (χ2v) is 7.62. The van der Waals surface area contributed by atoms with Crippen molar-refractivity contribution in [2.75, 3.05) is 6.61 Å². The first-order valence-corrected chi connectivity index (χ1v) is 10.5. The van der Waals surface area contributed by atoms with Gasteiger partial charge in [-0.2, -0.15) is 0 Å². The summed E-state index contributed by atoms with van der Waals surface area (Å²) in [5.74, 6) is -0.818. The molecule has 1 aliphatic rings. The summed E-state index contributed by atoms with van der Waals surface area (Å²) in [6.07, 6.45) is -3.63. The van der Waals surface area contributed by atoms with E-state index in [4.69, 9.17) is 18.9 Å². The predicted octanol–water partition coefficient (Wildman–Crippen LogP) is 1.94. The molecular weight excluding hydrogens is 414 g/mol. The predicted molar refractivity (Wildman–Crippen MR) is 115 cm³/mol. The highest BCUT2D eigenvalue weighted by atomic mass is 16.7. The van der Waals surface area contributed by atoms with Crippen molar-refractivity contribution < 1.29 is 33.6 Å². The zero-order valence-corrected chi connectivity index (χ0v) is 18.2. The van der Waals surface area contributed by atoms with Crippen LogP contribution in [0.25, 0.3) is 0 Å². The number of hydrogen-bond donors (Lipinski definition) is 2. The quantitative estimate of drug-likeness (QED) is 0.571. The lowest BCUT2D eigenvalue weighted by Gasteiger charge is -2.44. The maximum Gasteiger partial charge on any atom is 0.302 e. The van der Waals surface area contributed by atoms with Crippen LogP contribution in [0.1, 0.15) is 25.0 Å². The molecule has 32 heavy (non-hydrogen) atoms. The molecule has 3 rings (SSSR count). The van der Waals surface area contributed by atoms with Gasteiger partial charge in [-0.15, -0.1) is 0 Å². The van der Waals surface area contributed by atoms with Crippen molar-refractivity contribution in [1.29, 1.82) is 0 Å². The van der Waals surface area contributed by atoms with E-state index in [1.54, 1.807) is 0 Å². The standard InChI is InChI=1S/C24H29NO7/c1-16(26)25-21-23(31-14-19-11-7-4-8-12-19)22(30-13-18-9-5-3-6-10-18)20(32-24(21)28)15-29-17(2)27/h3-12,20-24,28H,13-15H2,1-2H3,(H,25,26)/t20?,21?,22-,23?,24+/m0/s1. The molecule has 1 aliphatic heterocycles. The molecule has 8 heteroatoms. The molecule has 2 aromatic rings. The number of rotatable bonds is 9. The summed E-state index contributed by atoms with van der Waals surface area (Å²) in [6.45, 7) is 3.01. The molecule has 8 nitrogen and oxygen atoms in total. The van der Waals surface area contributed by atoms with Crippen LogP contribution >= 0.6 is 0 Å². The van der Waals surface area contributed by atoms with Crippen LogP contribution in [0.3, 0.4) is 0 Å². The van der Waals surface area contributed by atoms with Crippen LogP contribution in [-0.4, -0.2) is 54.2 Å². The van der Waals surface area contributed by atoms with Crippen molar-refractivity contribution in [3.8, 4) is 0 Å². The number of hydrogen-bond acceptors (Lipinski definition) is 7. The third-order valence-electron chi connectivity index (χ3n) is 5.06. The molecule has 0 radical (unpaired) electrons. The Hall–Kier alpha value is -2.78. The van der Waals surface area contributed by atoms with Gasteiger partial charge in [0, 0.05) is 13.8 Å². The number of aliphatic hydroxyl groups is 1. The first kappa shape index (κ1) is 23.9. The highest BCUT2D eigenvalue weighted by Gasteiger charge is 2.47. The number of ether oxygens (including phenoxy) is 4. The number of nitrogens with one attached hydrogen (secondary N) is 1. The zero-order chi connectivity index (χ0) is 22.9. The molecule has 0 saturated carbocycles. The minimum Gasteiger partial charge on any atom is -0.463 e. The topological polar surface area (TPSA) is 103 Å². The van der Waals surface area contributed by atoms with Crippen molar-refractivity contribution >= 4 is 11.9 Å². The molecule has 5 atom stereocenters. The number of aliphatic hydroxyl groups excluding tert-OH is 1. The van der Waals surface area contributed by atoms with E-state index in [9.17, 15) is 14.7 Å². The summed E-state index contributed by atoms with van der Waals surface area (Å²) >= 11 is 0. The van der Waals surface area contributed by atoms with E-state index in [-0.39, 0.29) is 25.7 Å². The Labute approximate surface area is 187 Å². The van der Waals surface area contributed by atoms with Gasteiger partial charge in [0.2, 0.25) is 5.91 Å². The van der Waals surface area contributed by atoms with Gasteiger partial charge in [0.15, 0.2) is 6.29 Å². The second kappa shape index (κ2) is 11.7. The minimum atomic E-state index is -1.36. The summed E-state index contributed by atoms with van der Waals surface area (Å²) in [6, 6.07) is 18.2.